The van der Waals surface area contributed by atoms with Crippen molar-refractivity contribution in [2.24, 2.45) is 0 Å². The van der Waals surface area contributed by atoms with Gasteiger partial charge in [0.15, 0.2) is 0 Å². The van der Waals surface area contributed by atoms with E-state index in [0.29, 0.717) is 24.2 Å². The number of benzene rings is 2. The second-order valence-corrected chi connectivity index (χ2v) is 5.85. The number of nitrogens with one attached hydrogen (secondary N) is 3. The topological polar surface area (TPSA) is 87.3 Å². The molecule has 0 aromatic heterocycles. The lowest BCUT2D eigenvalue weighted by atomic mass is 10.1. The van der Waals surface area contributed by atoms with Crippen molar-refractivity contribution in [3.8, 4) is 0 Å². The number of anilines is 1. The first kappa shape index (κ1) is 16.7. The highest BCUT2D eigenvalue weighted by Crippen LogP contribution is 2.18. The SMILES string of the molecule is O=C(CC1NC(=O)c2ccccc2NC1=O)NCCc1ccccc1. The maximum atomic E-state index is 12.2. The van der Waals surface area contributed by atoms with Crippen LogP contribution < -0.4 is 16.0 Å². The summed E-state index contributed by atoms with van der Waals surface area (Å²) >= 11 is 0. The van der Waals surface area contributed by atoms with Gasteiger partial charge in [-0.05, 0) is 24.1 Å². The minimum atomic E-state index is -0.892. The third kappa shape index (κ3) is 4.23. The molecule has 3 amide bonds. The van der Waals surface area contributed by atoms with Gasteiger partial charge in [-0.25, -0.2) is 0 Å². The van der Waals surface area contributed by atoms with Crippen LogP contribution in [0.5, 0.6) is 0 Å². The van der Waals surface area contributed by atoms with Gasteiger partial charge in [0.2, 0.25) is 11.8 Å². The summed E-state index contributed by atoms with van der Waals surface area (Å²) in [5.74, 6) is -1.03. The molecule has 0 bridgehead atoms. The van der Waals surface area contributed by atoms with Crippen LogP contribution in [0.3, 0.4) is 0 Å². The monoisotopic (exact) mass is 337 g/mol. The van der Waals surface area contributed by atoms with E-state index in [0.717, 1.165) is 5.56 Å². The summed E-state index contributed by atoms with van der Waals surface area (Å²) in [5, 5.41) is 8.09. The number of carbonyl (C=O) groups is 3. The second-order valence-electron chi connectivity index (χ2n) is 5.85. The largest absolute Gasteiger partial charge is 0.356 e. The van der Waals surface area contributed by atoms with E-state index in [2.05, 4.69) is 16.0 Å². The van der Waals surface area contributed by atoms with Gasteiger partial charge in [-0.1, -0.05) is 42.5 Å². The fourth-order valence-electron chi connectivity index (χ4n) is 2.70. The summed E-state index contributed by atoms with van der Waals surface area (Å²) in [5.41, 5.74) is 1.97. The van der Waals surface area contributed by atoms with Gasteiger partial charge in [0.05, 0.1) is 17.7 Å². The normalized spacial score (nSPS) is 16.2. The molecule has 0 saturated heterocycles. The van der Waals surface area contributed by atoms with Gasteiger partial charge in [0.1, 0.15) is 6.04 Å². The van der Waals surface area contributed by atoms with Gasteiger partial charge in [0, 0.05) is 6.54 Å². The Kier molecular flexibility index (Phi) is 5.09. The Bertz CT molecular complexity index is 790. The number of hydrogen-bond donors (Lipinski definition) is 3. The summed E-state index contributed by atoms with van der Waals surface area (Å²) < 4.78 is 0. The Labute approximate surface area is 145 Å². The number of fused-ring (bicyclic) bond motifs is 1. The quantitative estimate of drug-likeness (QED) is 0.772. The van der Waals surface area contributed by atoms with E-state index >= 15 is 0 Å². The summed E-state index contributed by atoms with van der Waals surface area (Å²) in [6.45, 7) is 0.478. The first-order valence-electron chi connectivity index (χ1n) is 8.15. The average Bonchev–Trinajstić information content (AvgIpc) is 2.73. The predicted molar refractivity (Wildman–Crippen MR) is 94.1 cm³/mol. The highest BCUT2D eigenvalue weighted by atomic mass is 16.2. The number of para-hydroxylation sites is 1. The third-order valence-electron chi connectivity index (χ3n) is 4.02. The van der Waals surface area contributed by atoms with Crippen LogP contribution >= 0.6 is 0 Å². The van der Waals surface area contributed by atoms with Gasteiger partial charge in [-0.15, -0.1) is 0 Å². The molecular weight excluding hydrogens is 318 g/mol. The Hall–Kier alpha value is -3.15. The van der Waals surface area contributed by atoms with Crippen molar-refractivity contribution in [2.45, 2.75) is 18.9 Å². The Morgan fingerprint density at radius 3 is 2.52 bits per heavy atom. The summed E-state index contributed by atoms with van der Waals surface area (Å²) in [6.07, 6.45) is 0.613. The molecule has 25 heavy (non-hydrogen) atoms. The molecule has 0 radical (unpaired) electrons. The lowest BCUT2D eigenvalue weighted by Crippen LogP contribution is -2.44. The zero-order chi connectivity index (χ0) is 17.6. The molecule has 3 rings (SSSR count). The van der Waals surface area contributed by atoms with Gasteiger partial charge in [0.25, 0.3) is 5.91 Å². The van der Waals surface area contributed by atoms with Crippen LogP contribution in [-0.4, -0.2) is 30.3 Å². The first-order valence-corrected chi connectivity index (χ1v) is 8.15. The lowest BCUT2D eigenvalue weighted by Gasteiger charge is -2.14. The van der Waals surface area contributed by atoms with E-state index in [1.165, 1.54) is 0 Å². The van der Waals surface area contributed by atoms with Crippen LogP contribution in [0.15, 0.2) is 54.6 Å². The van der Waals surface area contributed by atoms with Crippen molar-refractivity contribution in [3.05, 3.63) is 65.7 Å². The van der Waals surface area contributed by atoms with E-state index in [9.17, 15) is 14.4 Å². The molecule has 1 atom stereocenters. The summed E-state index contributed by atoms with van der Waals surface area (Å²) in [6, 6.07) is 15.7. The molecule has 0 aliphatic carbocycles. The first-order chi connectivity index (χ1) is 12.1. The summed E-state index contributed by atoms with van der Waals surface area (Å²) in [7, 11) is 0. The van der Waals surface area contributed by atoms with Crippen LogP contribution in [0.1, 0.15) is 22.3 Å². The molecule has 1 heterocycles. The number of amides is 3. The van der Waals surface area contributed by atoms with E-state index < -0.39 is 11.9 Å². The average molecular weight is 337 g/mol. The van der Waals surface area contributed by atoms with Crippen molar-refractivity contribution in [1.29, 1.82) is 0 Å². The van der Waals surface area contributed by atoms with Gasteiger partial charge < -0.3 is 16.0 Å². The molecule has 6 heteroatoms. The fourth-order valence-corrected chi connectivity index (χ4v) is 2.70. The lowest BCUT2D eigenvalue weighted by molar-refractivity contribution is -0.125. The fraction of sp³-hybridized carbons (Fsp3) is 0.211. The molecular formula is C19H19N3O3. The Balaban J connectivity index is 1.55. The minimum Gasteiger partial charge on any atom is -0.356 e. The highest BCUT2D eigenvalue weighted by molar-refractivity contribution is 6.10. The molecule has 0 fully saturated rings. The van der Waals surface area contributed by atoms with Crippen LogP contribution in [0.4, 0.5) is 5.69 Å². The number of rotatable bonds is 5. The van der Waals surface area contributed by atoms with E-state index in [1.807, 2.05) is 30.3 Å². The third-order valence-corrected chi connectivity index (χ3v) is 4.02. The van der Waals surface area contributed by atoms with Crippen molar-refractivity contribution in [2.75, 3.05) is 11.9 Å². The second kappa shape index (κ2) is 7.61. The van der Waals surface area contributed by atoms with Gasteiger partial charge >= 0.3 is 0 Å². The molecule has 6 nitrogen and oxygen atoms in total. The standard InChI is InChI=1S/C19H19N3O3/c23-17(20-11-10-13-6-2-1-3-7-13)12-16-19(25)21-15-9-5-4-8-14(15)18(24)22-16/h1-9,16H,10-12H2,(H,20,23)(H,21,25)(H,22,24). The smallest absolute Gasteiger partial charge is 0.254 e. The molecule has 2 aromatic rings. The molecule has 2 aromatic carbocycles. The van der Waals surface area contributed by atoms with Gasteiger partial charge in [-0.2, -0.15) is 0 Å². The van der Waals surface area contributed by atoms with E-state index in [4.69, 9.17) is 0 Å². The number of hydrogen-bond acceptors (Lipinski definition) is 3. The van der Waals surface area contributed by atoms with Crippen molar-refractivity contribution < 1.29 is 14.4 Å². The van der Waals surface area contributed by atoms with Crippen LogP contribution in [-0.2, 0) is 16.0 Å². The van der Waals surface area contributed by atoms with Crippen LogP contribution in [0.2, 0.25) is 0 Å². The van der Waals surface area contributed by atoms with Crippen molar-refractivity contribution >= 4 is 23.4 Å². The zero-order valence-corrected chi connectivity index (χ0v) is 13.6. The minimum absolute atomic E-state index is 0.0969. The molecule has 1 aliphatic heterocycles. The van der Waals surface area contributed by atoms with Crippen LogP contribution in [0, 0.1) is 0 Å². The maximum Gasteiger partial charge on any atom is 0.254 e. The highest BCUT2D eigenvalue weighted by Gasteiger charge is 2.29. The van der Waals surface area contributed by atoms with Crippen molar-refractivity contribution in [1.82, 2.24) is 10.6 Å². The van der Waals surface area contributed by atoms with Crippen LogP contribution in [0.25, 0.3) is 0 Å². The van der Waals surface area contributed by atoms with E-state index in [1.54, 1.807) is 24.3 Å². The molecule has 1 aliphatic rings. The number of carbonyl (C=O) groups excluding carboxylic acids is 3. The maximum absolute atomic E-state index is 12.2. The predicted octanol–water partition coefficient (Wildman–Crippen LogP) is 1.49. The van der Waals surface area contributed by atoms with Crippen molar-refractivity contribution in [3.63, 3.8) is 0 Å². The zero-order valence-electron chi connectivity index (χ0n) is 13.6. The Morgan fingerprint density at radius 2 is 1.72 bits per heavy atom. The Morgan fingerprint density at radius 1 is 1.00 bits per heavy atom. The summed E-state index contributed by atoms with van der Waals surface area (Å²) in [4.78, 5) is 36.6. The molecule has 0 spiro atoms. The molecule has 3 N–H and O–H groups in total. The van der Waals surface area contributed by atoms with E-state index in [-0.39, 0.29) is 18.2 Å². The molecule has 0 saturated carbocycles. The van der Waals surface area contributed by atoms with Gasteiger partial charge in [-0.3, -0.25) is 14.4 Å². The molecule has 1 unspecified atom stereocenters. The molecule has 128 valence electrons.